The Hall–Kier alpha value is -2.54. The van der Waals surface area contributed by atoms with Crippen molar-refractivity contribution in [2.24, 2.45) is 11.8 Å². The Kier molecular flexibility index (Phi) is 4.32. The lowest BCUT2D eigenvalue weighted by molar-refractivity contribution is 0.355. The van der Waals surface area contributed by atoms with Crippen molar-refractivity contribution in [3.63, 3.8) is 0 Å². The van der Waals surface area contributed by atoms with Crippen LogP contribution in [0.3, 0.4) is 0 Å². The number of pyridine rings is 1. The van der Waals surface area contributed by atoms with Gasteiger partial charge in [0.25, 0.3) is 0 Å². The van der Waals surface area contributed by atoms with E-state index in [1.807, 2.05) is 18.2 Å². The van der Waals surface area contributed by atoms with Crippen molar-refractivity contribution in [2.75, 3.05) is 18.0 Å². The summed E-state index contributed by atoms with van der Waals surface area (Å²) in [5, 5.41) is 9.84. The van der Waals surface area contributed by atoms with Crippen molar-refractivity contribution in [3.05, 3.63) is 41.5 Å². The molecule has 0 bridgehead atoms. The molecule has 0 unspecified atom stereocenters. The molecule has 134 valence electrons. The van der Waals surface area contributed by atoms with Crippen LogP contribution in [0.2, 0.25) is 0 Å². The monoisotopic (exact) mass is 346 g/mol. The third kappa shape index (κ3) is 2.72. The number of nitriles is 1. The number of hydrogen-bond acceptors (Lipinski definition) is 3. The van der Waals surface area contributed by atoms with Crippen LogP contribution in [0.15, 0.2) is 30.3 Å². The lowest BCUT2D eigenvalue weighted by Gasteiger charge is -2.37. The first-order valence-corrected chi connectivity index (χ1v) is 9.70. The van der Waals surface area contributed by atoms with Crippen LogP contribution < -0.4 is 4.90 Å². The highest BCUT2D eigenvalue weighted by Gasteiger charge is 2.26. The van der Waals surface area contributed by atoms with E-state index in [1.165, 1.54) is 12.2 Å². The van der Waals surface area contributed by atoms with E-state index in [-0.39, 0.29) is 0 Å². The number of nitrogens with zero attached hydrogens (tertiary/aromatic N) is 4. The minimum absolute atomic E-state index is 0.675. The Morgan fingerprint density at radius 3 is 2.62 bits per heavy atom. The van der Waals surface area contributed by atoms with Crippen LogP contribution >= 0.6 is 0 Å². The van der Waals surface area contributed by atoms with Gasteiger partial charge in [-0.15, -0.1) is 0 Å². The van der Waals surface area contributed by atoms with Gasteiger partial charge in [-0.1, -0.05) is 39.3 Å². The summed E-state index contributed by atoms with van der Waals surface area (Å²) in [5.41, 5.74) is 4.70. The van der Waals surface area contributed by atoms with Gasteiger partial charge in [0.2, 0.25) is 0 Å². The summed E-state index contributed by atoms with van der Waals surface area (Å²) in [6.07, 6.45) is 3.22. The van der Waals surface area contributed by atoms with E-state index in [2.05, 4.69) is 48.3 Å². The molecule has 26 heavy (non-hydrogen) atoms. The quantitative estimate of drug-likeness (QED) is 0.684. The maximum absolute atomic E-state index is 9.84. The lowest BCUT2D eigenvalue weighted by atomic mass is 9.91. The van der Waals surface area contributed by atoms with Crippen molar-refractivity contribution in [1.29, 1.82) is 5.26 Å². The second kappa shape index (κ2) is 6.64. The van der Waals surface area contributed by atoms with Gasteiger partial charge in [0, 0.05) is 13.1 Å². The molecule has 4 heteroatoms. The lowest BCUT2D eigenvalue weighted by Crippen LogP contribution is -2.39. The van der Waals surface area contributed by atoms with Crippen LogP contribution in [0.4, 0.5) is 5.82 Å². The zero-order valence-corrected chi connectivity index (χ0v) is 15.9. The fraction of sp³-hybridized carbons (Fsp3) is 0.455. The van der Waals surface area contributed by atoms with Crippen LogP contribution in [0.25, 0.3) is 16.7 Å². The Balaban J connectivity index is 2.02. The number of hydrogen-bond donors (Lipinski definition) is 0. The molecule has 0 spiro atoms. The molecule has 0 aliphatic carbocycles. The summed E-state index contributed by atoms with van der Waals surface area (Å²) in [5.74, 6) is 2.54. The van der Waals surface area contributed by atoms with Gasteiger partial charge in [0.05, 0.1) is 16.6 Å². The van der Waals surface area contributed by atoms with Crippen molar-refractivity contribution in [1.82, 2.24) is 9.38 Å². The van der Waals surface area contributed by atoms with Crippen molar-refractivity contribution >= 4 is 22.5 Å². The molecule has 0 N–H and O–H groups in total. The van der Waals surface area contributed by atoms with E-state index in [0.29, 0.717) is 11.8 Å². The molecule has 3 aromatic rings. The third-order valence-electron chi connectivity index (χ3n) is 5.46. The largest absolute Gasteiger partial charge is 0.357 e. The summed E-state index contributed by atoms with van der Waals surface area (Å²) in [4.78, 5) is 7.34. The number of piperidine rings is 1. The Morgan fingerprint density at radius 2 is 1.92 bits per heavy atom. The van der Waals surface area contributed by atoms with Crippen LogP contribution in [0, 0.1) is 23.2 Å². The molecule has 0 amide bonds. The van der Waals surface area contributed by atoms with E-state index < -0.39 is 0 Å². The van der Waals surface area contributed by atoms with Gasteiger partial charge in [0.1, 0.15) is 11.9 Å². The number of imidazole rings is 1. The first kappa shape index (κ1) is 16.9. The van der Waals surface area contributed by atoms with Crippen LogP contribution in [0.1, 0.15) is 44.7 Å². The molecule has 4 nitrogen and oxygen atoms in total. The smallest absolute Gasteiger partial charge is 0.157 e. The van der Waals surface area contributed by atoms with Crippen molar-refractivity contribution in [3.8, 4) is 6.07 Å². The Bertz CT molecular complexity index is 985. The van der Waals surface area contributed by atoms with E-state index in [4.69, 9.17) is 4.98 Å². The highest BCUT2D eigenvalue weighted by molar-refractivity contribution is 5.85. The molecule has 1 saturated heterocycles. The number of para-hydroxylation sites is 2. The SMILES string of the molecule is CCCc1cc(N2C[C@H](C)C[C@@H](C)C2)n2c(nc3ccccc32)c1C#N. The van der Waals surface area contributed by atoms with Crippen molar-refractivity contribution < 1.29 is 0 Å². The molecule has 1 aliphatic rings. The normalized spacial score (nSPS) is 20.6. The number of benzene rings is 1. The summed E-state index contributed by atoms with van der Waals surface area (Å²) in [6, 6.07) is 12.9. The molecule has 1 fully saturated rings. The average Bonchev–Trinajstić information content (AvgIpc) is 2.99. The third-order valence-corrected chi connectivity index (χ3v) is 5.46. The van der Waals surface area contributed by atoms with Gasteiger partial charge in [-0.05, 0) is 48.4 Å². The summed E-state index contributed by atoms with van der Waals surface area (Å²) in [7, 11) is 0. The van der Waals surface area contributed by atoms with E-state index in [9.17, 15) is 5.26 Å². The second-order valence-corrected chi connectivity index (χ2v) is 7.88. The zero-order chi connectivity index (χ0) is 18.3. The first-order chi connectivity index (χ1) is 12.6. The molecule has 0 saturated carbocycles. The van der Waals surface area contributed by atoms with E-state index in [1.54, 1.807) is 0 Å². The van der Waals surface area contributed by atoms with E-state index in [0.717, 1.165) is 53.7 Å². The summed E-state index contributed by atoms with van der Waals surface area (Å²) >= 11 is 0. The number of fused-ring (bicyclic) bond motifs is 3. The number of rotatable bonds is 3. The highest BCUT2D eigenvalue weighted by atomic mass is 15.2. The molecule has 4 rings (SSSR count). The number of aryl methyl sites for hydroxylation is 1. The van der Waals surface area contributed by atoms with E-state index >= 15 is 0 Å². The second-order valence-electron chi connectivity index (χ2n) is 7.88. The predicted molar refractivity (Wildman–Crippen MR) is 107 cm³/mol. The van der Waals surface area contributed by atoms with Gasteiger partial charge in [-0.25, -0.2) is 4.98 Å². The van der Waals surface area contributed by atoms with Gasteiger partial charge in [-0.2, -0.15) is 5.26 Å². The Labute approximate surface area is 155 Å². The van der Waals surface area contributed by atoms with Gasteiger partial charge < -0.3 is 4.90 Å². The summed E-state index contributed by atoms with van der Waals surface area (Å²) < 4.78 is 2.21. The molecular formula is C22H26N4. The van der Waals surface area contributed by atoms with Crippen LogP contribution in [0.5, 0.6) is 0 Å². The first-order valence-electron chi connectivity index (χ1n) is 9.70. The van der Waals surface area contributed by atoms with Gasteiger partial charge in [-0.3, -0.25) is 4.40 Å². The van der Waals surface area contributed by atoms with Gasteiger partial charge in [0.15, 0.2) is 5.65 Å². The van der Waals surface area contributed by atoms with Crippen LogP contribution in [-0.4, -0.2) is 22.5 Å². The fourth-order valence-electron chi connectivity index (χ4n) is 4.53. The number of aromatic nitrogens is 2. The maximum Gasteiger partial charge on any atom is 0.157 e. The highest BCUT2D eigenvalue weighted by Crippen LogP contribution is 2.32. The summed E-state index contributed by atoms with van der Waals surface area (Å²) in [6.45, 7) is 8.95. The van der Waals surface area contributed by atoms with Crippen molar-refractivity contribution in [2.45, 2.75) is 40.0 Å². The Morgan fingerprint density at radius 1 is 1.19 bits per heavy atom. The molecule has 2 atom stereocenters. The minimum atomic E-state index is 0.675. The fourth-order valence-corrected chi connectivity index (χ4v) is 4.53. The standard InChI is InChI=1S/C22H26N4/c1-4-7-17-11-21(25-13-15(2)10-16(3)14-25)26-20-9-6-5-8-19(20)24-22(26)18(17)12-23/h5-6,8-9,11,15-16H,4,7,10,13-14H2,1-3H3/t15-,16-/m1/s1. The van der Waals surface area contributed by atoms with Gasteiger partial charge >= 0.3 is 0 Å². The molecule has 3 heterocycles. The predicted octanol–water partition coefficient (Wildman–Crippen LogP) is 4.79. The minimum Gasteiger partial charge on any atom is -0.357 e. The van der Waals surface area contributed by atoms with Crippen LogP contribution in [-0.2, 0) is 6.42 Å². The molecule has 0 radical (unpaired) electrons. The average molecular weight is 346 g/mol. The number of anilines is 1. The molecule has 1 aliphatic heterocycles. The molecule has 1 aromatic carbocycles. The zero-order valence-electron chi connectivity index (χ0n) is 15.9. The topological polar surface area (TPSA) is 44.3 Å². The molecule has 2 aromatic heterocycles. The maximum atomic E-state index is 9.84. The molecular weight excluding hydrogens is 320 g/mol.